The monoisotopic (exact) mass is 387 g/mol. The van der Waals surface area contributed by atoms with E-state index in [1.165, 1.54) is 28.0 Å². The molecule has 0 saturated heterocycles. The lowest BCUT2D eigenvalue weighted by molar-refractivity contribution is 0.242. The number of benzene rings is 2. The fourth-order valence-corrected chi connectivity index (χ4v) is 4.84. The van der Waals surface area contributed by atoms with Gasteiger partial charge in [-0.25, -0.2) is 4.98 Å². The van der Waals surface area contributed by atoms with E-state index in [0.29, 0.717) is 5.92 Å². The average Bonchev–Trinajstić information content (AvgIpc) is 3.30. The van der Waals surface area contributed by atoms with Gasteiger partial charge in [0.25, 0.3) is 0 Å². The van der Waals surface area contributed by atoms with Gasteiger partial charge in [0, 0.05) is 11.8 Å². The molecule has 1 heterocycles. The molecule has 0 bridgehead atoms. The van der Waals surface area contributed by atoms with Crippen molar-refractivity contribution >= 4 is 11.3 Å². The Balaban J connectivity index is 1.70. The van der Waals surface area contributed by atoms with Crippen molar-refractivity contribution in [3.8, 4) is 38.6 Å². The van der Waals surface area contributed by atoms with Crippen molar-refractivity contribution in [2.24, 2.45) is 0 Å². The zero-order chi connectivity index (χ0) is 19.7. The third-order valence-corrected chi connectivity index (χ3v) is 6.27. The minimum atomic E-state index is 0.122. The lowest BCUT2D eigenvalue weighted by atomic mass is 9.99. The molecule has 1 unspecified atom stereocenters. The lowest BCUT2D eigenvalue weighted by Gasteiger charge is -2.12. The molecule has 0 radical (unpaired) electrons. The van der Waals surface area contributed by atoms with E-state index in [-0.39, 0.29) is 6.10 Å². The second kappa shape index (κ2) is 7.81. The quantitative estimate of drug-likeness (QED) is 0.466. The van der Waals surface area contributed by atoms with Gasteiger partial charge >= 0.3 is 0 Å². The van der Waals surface area contributed by atoms with Gasteiger partial charge in [-0.3, -0.25) is 0 Å². The summed E-state index contributed by atoms with van der Waals surface area (Å²) >= 11 is 1.75. The summed E-state index contributed by atoms with van der Waals surface area (Å²) < 4.78 is 5.90. The van der Waals surface area contributed by atoms with E-state index in [2.05, 4.69) is 49.1 Å². The van der Waals surface area contributed by atoms with Crippen LogP contribution in [0.15, 0.2) is 42.6 Å². The molecule has 1 atom stereocenters. The van der Waals surface area contributed by atoms with Crippen molar-refractivity contribution in [2.45, 2.75) is 52.6 Å². The van der Waals surface area contributed by atoms with Gasteiger partial charge in [0.15, 0.2) is 0 Å². The fraction of sp³-hybridized carbons (Fsp3) is 0.320. The first-order valence-corrected chi connectivity index (χ1v) is 10.7. The molecule has 0 aliphatic heterocycles. The number of nitrogens with zero attached hydrogens (tertiary/aromatic N) is 1. The first kappa shape index (κ1) is 18.8. The summed E-state index contributed by atoms with van der Waals surface area (Å²) in [6.07, 6.45) is 4.55. The highest BCUT2D eigenvalue weighted by Gasteiger charge is 2.22. The number of hydrogen-bond acceptors (Lipinski definition) is 3. The van der Waals surface area contributed by atoms with Crippen molar-refractivity contribution in [1.82, 2.24) is 4.98 Å². The van der Waals surface area contributed by atoms with Crippen LogP contribution in [-0.4, -0.2) is 11.1 Å². The molecule has 3 aromatic rings. The van der Waals surface area contributed by atoms with Crippen molar-refractivity contribution in [2.75, 3.05) is 0 Å². The molecule has 3 heteroatoms. The number of fused-ring (bicyclic) bond motifs is 1. The standard InChI is InChI=1S/C25H25NOS/c1-5-7-18-14-19(11-13-23(18)27-16(2)3)25-26-15-24(28-25)22-9-6-8-20-17(4)10-12-21(20)22/h6,8-9,11,13-17H,10,12H2,1-4H3. The van der Waals surface area contributed by atoms with E-state index >= 15 is 0 Å². The van der Waals surface area contributed by atoms with Gasteiger partial charge in [0.2, 0.25) is 0 Å². The molecule has 28 heavy (non-hydrogen) atoms. The van der Waals surface area contributed by atoms with E-state index in [0.717, 1.165) is 28.3 Å². The molecule has 1 aliphatic rings. The summed E-state index contributed by atoms with van der Waals surface area (Å²) in [6.45, 7) is 8.24. The first-order chi connectivity index (χ1) is 13.6. The molecule has 1 aliphatic carbocycles. The Kier molecular flexibility index (Phi) is 5.24. The summed E-state index contributed by atoms with van der Waals surface area (Å²) in [5, 5.41) is 1.02. The molecule has 1 aromatic heterocycles. The maximum Gasteiger partial charge on any atom is 0.135 e. The number of ether oxygens (including phenoxy) is 1. The van der Waals surface area contributed by atoms with Gasteiger partial charge in [-0.15, -0.1) is 17.3 Å². The van der Waals surface area contributed by atoms with Crippen LogP contribution in [0.25, 0.3) is 21.0 Å². The maximum absolute atomic E-state index is 5.90. The Bertz CT molecular complexity index is 1070. The molecular formula is C25H25NOS. The Hall–Kier alpha value is -2.57. The molecule has 0 amide bonds. The van der Waals surface area contributed by atoms with E-state index in [1.807, 2.05) is 33.0 Å². The summed E-state index contributed by atoms with van der Waals surface area (Å²) in [5.41, 5.74) is 6.36. The van der Waals surface area contributed by atoms with Gasteiger partial charge < -0.3 is 4.74 Å². The van der Waals surface area contributed by atoms with E-state index < -0.39 is 0 Å². The molecule has 2 aromatic carbocycles. The van der Waals surface area contributed by atoms with E-state index in [1.54, 1.807) is 11.3 Å². The number of hydrogen-bond donors (Lipinski definition) is 0. The Morgan fingerprint density at radius 1 is 1.21 bits per heavy atom. The highest BCUT2D eigenvalue weighted by atomic mass is 32.1. The normalized spacial score (nSPS) is 15.2. The summed E-state index contributed by atoms with van der Waals surface area (Å²) in [6, 6.07) is 12.9. The van der Waals surface area contributed by atoms with Crippen LogP contribution in [0.1, 0.15) is 56.7 Å². The lowest BCUT2D eigenvalue weighted by Crippen LogP contribution is -2.06. The molecule has 0 fully saturated rings. The molecule has 0 saturated carbocycles. The Morgan fingerprint density at radius 2 is 2.07 bits per heavy atom. The van der Waals surface area contributed by atoms with Crippen LogP contribution in [0.5, 0.6) is 5.75 Å². The molecule has 0 spiro atoms. The Morgan fingerprint density at radius 3 is 2.86 bits per heavy atom. The smallest absolute Gasteiger partial charge is 0.135 e. The van der Waals surface area contributed by atoms with Crippen LogP contribution in [-0.2, 0) is 6.42 Å². The van der Waals surface area contributed by atoms with Crippen molar-refractivity contribution in [3.05, 3.63) is 59.3 Å². The zero-order valence-corrected chi connectivity index (χ0v) is 17.7. The topological polar surface area (TPSA) is 22.1 Å². The Labute approximate surface area is 171 Å². The van der Waals surface area contributed by atoms with Gasteiger partial charge in [0.05, 0.1) is 16.5 Å². The summed E-state index contributed by atoms with van der Waals surface area (Å²) in [5.74, 6) is 7.65. The molecular weight excluding hydrogens is 362 g/mol. The summed E-state index contributed by atoms with van der Waals surface area (Å²) in [4.78, 5) is 5.97. The van der Waals surface area contributed by atoms with Crippen LogP contribution in [0, 0.1) is 11.8 Å². The van der Waals surface area contributed by atoms with Gasteiger partial charge in [-0.05, 0) is 74.4 Å². The number of aromatic nitrogens is 1. The van der Waals surface area contributed by atoms with Gasteiger partial charge in [0.1, 0.15) is 10.8 Å². The molecule has 4 rings (SSSR count). The molecule has 142 valence electrons. The second-order valence-electron chi connectivity index (χ2n) is 7.60. The van der Waals surface area contributed by atoms with Crippen molar-refractivity contribution < 1.29 is 4.74 Å². The van der Waals surface area contributed by atoms with Crippen LogP contribution in [0.4, 0.5) is 0 Å². The van der Waals surface area contributed by atoms with E-state index in [4.69, 9.17) is 9.72 Å². The third-order valence-electron chi connectivity index (χ3n) is 5.19. The van der Waals surface area contributed by atoms with Crippen LogP contribution in [0.3, 0.4) is 0 Å². The molecule has 2 nitrogen and oxygen atoms in total. The van der Waals surface area contributed by atoms with Gasteiger partial charge in [-0.1, -0.05) is 31.0 Å². The largest absolute Gasteiger partial charge is 0.490 e. The first-order valence-electron chi connectivity index (χ1n) is 9.88. The summed E-state index contributed by atoms with van der Waals surface area (Å²) in [7, 11) is 0. The third kappa shape index (κ3) is 3.57. The highest BCUT2D eigenvalue weighted by Crippen LogP contribution is 2.41. The maximum atomic E-state index is 5.90. The average molecular weight is 388 g/mol. The van der Waals surface area contributed by atoms with Crippen molar-refractivity contribution in [3.63, 3.8) is 0 Å². The minimum Gasteiger partial charge on any atom is -0.490 e. The number of rotatable bonds is 4. The van der Waals surface area contributed by atoms with Crippen molar-refractivity contribution in [1.29, 1.82) is 0 Å². The van der Waals surface area contributed by atoms with Crippen LogP contribution < -0.4 is 4.74 Å². The SMILES string of the molecule is CC#Cc1cc(-c2ncc(-c3cccc4c3CCC4C)s2)ccc1OC(C)C. The van der Waals surface area contributed by atoms with Crippen LogP contribution >= 0.6 is 11.3 Å². The highest BCUT2D eigenvalue weighted by molar-refractivity contribution is 7.18. The van der Waals surface area contributed by atoms with Crippen LogP contribution in [0.2, 0.25) is 0 Å². The minimum absolute atomic E-state index is 0.122. The second-order valence-corrected chi connectivity index (χ2v) is 8.63. The zero-order valence-electron chi connectivity index (χ0n) is 16.9. The predicted octanol–water partition coefficient (Wildman–Crippen LogP) is 6.69. The van der Waals surface area contributed by atoms with Gasteiger partial charge in [-0.2, -0.15) is 0 Å². The fourth-order valence-electron chi connectivity index (χ4n) is 3.88. The van der Waals surface area contributed by atoms with E-state index in [9.17, 15) is 0 Å². The number of thiazole rings is 1. The molecule has 0 N–H and O–H groups in total. The predicted molar refractivity (Wildman–Crippen MR) is 118 cm³/mol.